The monoisotopic (exact) mass is 206 g/mol. The van der Waals surface area contributed by atoms with Gasteiger partial charge in [-0.25, -0.2) is 0 Å². The fourth-order valence-corrected chi connectivity index (χ4v) is 2.90. The summed E-state index contributed by atoms with van der Waals surface area (Å²) in [6, 6.07) is 0. The molecule has 0 atom stereocenters. The van der Waals surface area contributed by atoms with Crippen molar-refractivity contribution in [3.05, 3.63) is 12.7 Å². The van der Waals surface area contributed by atoms with Crippen LogP contribution >= 0.6 is 0 Å². The summed E-state index contributed by atoms with van der Waals surface area (Å²) in [4.78, 5) is 7.24. The molecule has 0 aliphatic carbocycles. The predicted octanol–water partition coefficient (Wildman–Crippen LogP) is 2.51. The number of hydrogen-bond acceptors (Lipinski definition) is 0. The first kappa shape index (κ1) is 7.54. The van der Waals surface area contributed by atoms with Gasteiger partial charge in [0.25, 0.3) is 0 Å². The Labute approximate surface area is 50.5 Å². The Morgan fingerprint density at radius 2 is 1.86 bits per heavy atom. The van der Waals surface area contributed by atoms with Crippen LogP contribution in [-0.2, 0) is 0 Å². The van der Waals surface area contributed by atoms with Crippen LogP contribution in [0.1, 0.15) is 0 Å². The third-order valence-corrected chi connectivity index (χ3v) is 5.08. The van der Waals surface area contributed by atoms with E-state index in [4.69, 9.17) is 0 Å². The number of rotatable bonds is 2. The van der Waals surface area contributed by atoms with Gasteiger partial charge in [0.05, 0.1) is 0 Å². The average molecular weight is 205 g/mol. The maximum absolute atomic E-state index is 3.70. The van der Waals surface area contributed by atoms with Crippen molar-refractivity contribution >= 4 is 18.4 Å². The van der Waals surface area contributed by atoms with E-state index in [-0.39, 0.29) is 0 Å². The first-order chi connectivity index (χ1) is 3.06. The van der Waals surface area contributed by atoms with Gasteiger partial charge in [-0.2, -0.15) is 0 Å². The zero-order valence-corrected chi connectivity index (χ0v) is 8.35. The first-order valence-electron chi connectivity index (χ1n) is 2.67. The van der Waals surface area contributed by atoms with Gasteiger partial charge >= 0.3 is 50.3 Å². The molecule has 0 saturated heterocycles. The Bertz CT molecular complexity index is 59.1. The molecule has 0 N–H and O–H groups in total. The van der Waals surface area contributed by atoms with Crippen LogP contribution in [0.4, 0.5) is 0 Å². The second-order valence-electron chi connectivity index (χ2n) is 3.05. The molecule has 0 aromatic carbocycles. The van der Waals surface area contributed by atoms with Gasteiger partial charge in [0, 0.05) is 0 Å². The molecule has 0 rings (SSSR count). The van der Waals surface area contributed by atoms with Crippen molar-refractivity contribution in [2.75, 3.05) is 0 Å². The van der Waals surface area contributed by atoms with Gasteiger partial charge in [-0.05, 0) is 0 Å². The van der Waals surface area contributed by atoms with E-state index in [2.05, 4.69) is 27.5 Å². The van der Waals surface area contributed by atoms with E-state index in [1.54, 1.807) is 0 Å². The summed E-state index contributed by atoms with van der Waals surface area (Å²) < 4.78 is 1.31. The number of hydrogen-bond donors (Lipinski definition) is 0. The molecule has 7 heavy (non-hydrogen) atoms. The summed E-state index contributed by atoms with van der Waals surface area (Å²) in [6.45, 7) is 3.70. The van der Waals surface area contributed by atoms with Crippen molar-refractivity contribution in [2.45, 2.75) is 19.3 Å². The van der Waals surface area contributed by atoms with E-state index in [1.807, 2.05) is 0 Å². The minimum absolute atomic E-state index is 1.31. The fraction of sp³-hybridized carbons (Fsp3) is 0.667. The van der Waals surface area contributed by atoms with Gasteiger partial charge in [0.2, 0.25) is 0 Å². The van der Waals surface area contributed by atoms with Crippen LogP contribution in [0.15, 0.2) is 12.7 Å². The molecule has 0 saturated carbocycles. The second kappa shape index (κ2) is 2.75. The zero-order chi connectivity index (χ0) is 5.91. The zero-order valence-electron chi connectivity index (χ0n) is 5.49. The van der Waals surface area contributed by atoms with Crippen LogP contribution in [0.25, 0.3) is 0 Å². The van der Waals surface area contributed by atoms with Crippen LogP contribution in [0, 0.1) is 0 Å². The SMILES string of the molecule is C=C[CH2][Sn]([CH3])([CH3])[CH3]. The van der Waals surface area contributed by atoms with E-state index >= 15 is 0 Å². The molecule has 0 heterocycles. The molecule has 0 aromatic rings. The van der Waals surface area contributed by atoms with Crippen molar-refractivity contribution in [1.82, 2.24) is 0 Å². The Kier molecular flexibility index (Phi) is 2.96. The predicted molar refractivity (Wildman–Crippen MR) is 38.4 cm³/mol. The standard InChI is InChI=1S/C3H5.3CH3.Sn/c1-3-2;;;;/h3H,1-2H2;3*1H3;. The topological polar surface area (TPSA) is 0 Å². The Morgan fingerprint density at radius 1 is 1.43 bits per heavy atom. The Hall–Kier alpha value is 0.539. The number of allylic oxidation sites excluding steroid dienone is 1. The first-order valence-corrected chi connectivity index (χ1v) is 13.3. The molecule has 0 aromatic heterocycles. The molecule has 1 heteroatoms. The molecule has 0 radical (unpaired) electrons. The Morgan fingerprint density at radius 3 is 1.86 bits per heavy atom. The van der Waals surface area contributed by atoms with Crippen molar-refractivity contribution in [3.63, 3.8) is 0 Å². The van der Waals surface area contributed by atoms with E-state index in [0.29, 0.717) is 0 Å². The molecule has 0 fully saturated rings. The van der Waals surface area contributed by atoms with E-state index in [0.717, 1.165) is 0 Å². The van der Waals surface area contributed by atoms with Crippen molar-refractivity contribution in [1.29, 1.82) is 0 Å². The van der Waals surface area contributed by atoms with E-state index in [1.165, 1.54) is 4.44 Å². The molecule has 0 nitrogen and oxygen atoms in total. The summed E-state index contributed by atoms with van der Waals surface area (Å²) in [5.41, 5.74) is 0. The van der Waals surface area contributed by atoms with Gasteiger partial charge in [0.15, 0.2) is 0 Å². The average Bonchev–Trinajstić information content (AvgIpc) is 1.30. The summed E-state index contributed by atoms with van der Waals surface area (Å²) >= 11 is -1.39. The Balaban J connectivity index is 3.34. The van der Waals surface area contributed by atoms with Crippen LogP contribution < -0.4 is 0 Å². The molecule has 0 spiro atoms. The van der Waals surface area contributed by atoms with E-state index in [9.17, 15) is 0 Å². The summed E-state index contributed by atoms with van der Waals surface area (Å²) in [5.74, 6) is 0. The molecular formula is C6H14Sn. The van der Waals surface area contributed by atoms with Gasteiger partial charge in [-0.15, -0.1) is 0 Å². The van der Waals surface area contributed by atoms with Gasteiger partial charge < -0.3 is 0 Å². The van der Waals surface area contributed by atoms with Gasteiger partial charge in [-0.1, -0.05) is 0 Å². The molecule has 0 unspecified atom stereocenters. The molecule has 0 aliphatic rings. The molecular weight excluding hydrogens is 191 g/mol. The van der Waals surface area contributed by atoms with Crippen molar-refractivity contribution in [3.8, 4) is 0 Å². The van der Waals surface area contributed by atoms with Crippen LogP contribution in [0.3, 0.4) is 0 Å². The van der Waals surface area contributed by atoms with Crippen LogP contribution in [0.2, 0.25) is 19.3 Å². The van der Waals surface area contributed by atoms with Crippen molar-refractivity contribution in [2.24, 2.45) is 0 Å². The normalized spacial score (nSPS) is 11.3. The van der Waals surface area contributed by atoms with Crippen LogP contribution in [-0.4, -0.2) is 18.4 Å². The van der Waals surface area contributed by atoms with Crippen LogP contribution in [0.5, 0.6) is 0 Å². The van der Waals surface area contributed by atoms with Gasteiger partial charge in [-0.3, -0.25) is 0 Å². The second-order valence-corrected chi connectivity index (χ2v) is 18.8. The third kappa shape index (κ3) is 6.54. The molecule has 42 valence electrons. The third-order valence-electron chi connectivity index (χ3n) is 0.757. The fourth-order valence-electron chi connectivity index (χ4n) is 0.433. The quantitative estimate of drug-likeness (QED) is 0.479. The summed E-state index contributed by atoms with van der Waals surface area (Å²) in [5, 5.41) is 0. The van der Waals surface area contributed by atoms with Gasteiger partial charge in [0.1, 0.15) is 0 Å². The minimum atomic E-state index is -1.39. The van der Waals surface area contributed by atoms with Crippen molar-refractivity contribution < 1.29 is 0 Å². The van der Waals surface area contributed by atoms with E-state index < -0.39 is 18.4 Å². The summed E-state index contributed by atoms with van der Waals surface area (Å²) in [7, 11) is 0. The molecule has 0 bridgehead atoms. The molecule has 0 aliphatic heterocycles. The molecule has 0 amide bonds. The maximum atomic E-state index is 3.70. The summed E-state index contributed by atoms with van der Waals surface area (Å²) in [6.07, 6.45) is 2.05.